The van der Waals surface area contributed by atoms with Gasteiger partial charge in [0.15, 0.2) is 0 Å². The Hall–Kier alpha value is -1.06. The van der Waals surface area contributed by atoms with E-state index < -0.39 is 67.5 Å². The fraction of sp³-hybridized carbons (Fsp3) is 0.647. The molecule has 0 aliphatic heterocycles. The van der Waals surface area contributed by atoms with Crippen molar-refractivity contribution in [1.29, 1.82) is 0 Å². The molecule has 20 heavy (non-hydrogen) atoms. The number of hydrogen-bond acceptors (Lipinski definition) is 3. The van der Waals surface area contributed by atoms with E-state index in [9.17, 15) is 5.11 Å². The summed E-state index contributed by atoms with van der Waals surface area (Å²) in [7, 11) is 1.14. The van der Waals surface area contributed by atoms with E-state index in [1.165, 1.54) is 0 Å². The van der Waals surface area contributed by atoms with Crippen LogP contribution in [0.2, 0.25) is 0 Å². The van der Waals surface area contributed by atoms with Crippen LogP contribution in [0, 0.1) is 0 Å². The molecule has 1 fully saturated rings. The van der Waals surface area contributed by atoms with Crippen molar-refractivity contribution in [1.82, 2.24) is 4.90 Å². The van der Waals surface area contributed by atoms with Crippen molar-refractivity contribution in [2.24, 2.45) is 0 Å². The largest absolute Gasteiger partial charge is 0.497 e. The fourth-order valence-electron chi connectivity index (χ4n) is 2.59. The summed E-state index contributed by atoms with van der Waals surface area (Å²) in [6.45, 7) is -10.2. The lowest BCUT2D eigenvalue weighted by molar-refractivity contribution is -0.0277. The van der Waals surface area contributed by atoms with Crippen LogP contribution in [0.15, 0.2) is 24.2 Å². The molecule has 1 atom stereocenters. The zero-order chi connectivity index (χ0) is 24.9. The van der Waals surface area contributed by atoms with Gasteiger partial charge in [0, 0.05) is 23.4 Å². The van der Waals surface area contributed by atoms with Crippen molar-refractivity contribution in [3.8, 4) is 5.75 Å². The summed E-state index contributed by atoms with van der Waals surface area (Å²) in [5, 5.41) is 11.5. The highest BCUT2D eigenvalue weighted by Gasteiger charge is 2.38. The summed E-state index contributed by atoms with van der Waals surface area (Å²) in [5.74, 6) is -2.41. The molecular formula is C17H27NO2. The third-order valence-electron chi connectivity index (χ3n) is 3.63. The number of benzene rings is 1. The second-order valence-corrected chi connectivity index (χ2v) is 5.01. The summed E-state index contributed by atoms with van der Waals surface area (Å²) < 4.78 is 101. The van der Waals surface area contributed by atoms with Crippen molar-refractivity contribution in [3.63, 3.8) is 0 Å². The van der Waals surface area contributed by atoms with Gasteiger partial charge in [-0.25, -0.2) is 0 Å². The minimum Gasteiger partial charge on any atom is -0.497 e. The maximum absolute atomic E-state index is 11.5. The first-order valence-electron chi connectivity index (χ1n) is 12.6. The lowest BCUT2D eigenvalue weighted by atomic mass is 9.72. The molecule has 1 saturated carbocycles. The molecule has 1 N–H and O–H groups in total. The van der Waals surface area contributed by atoms with E-state index in [0.29, 0.717) is 19.3 Å². The van der Waals surface area contributed by atoms with Crippen LogP contribution in [-0.2, 0) is 0 Å². The SMILES string of the molecule is [2H]c1c([2H])c([C@H](C2(O)CCCCC2)C([2H])([2H])N(C([2H])([2H])[2H])C([2H])([2H])[2H])c([2H])c([2H])c1OC. The van der Waals surface area contributed by atoms with Gasteiger partial charge in [-0.2, -0.15) is 0 Å². The minimum absolute atomic E-state index is 0.0292. The third kappa shape index (κ3) is 3.53. The Morgan fingerprint density at radius 3 is 2.55 bits per heavy atom. The Morgan fingerprint density at radius 2 is 2.00 bits per heavy atom. The number of hydrogen-bond donors (Lipinski definition) is 1. The molecule has 1 aromatic carbocycles. The van der Waals surface area contributed by atoms with Crippen LogP contribution in [0.3, 0.4) is 0 Å². The molecule has 3 heteroatoms. The lowest BCUT2D eigenvalue weighted by Gasteiger charge is -2.40. The quantitative estimate of drug-likeness (QED) is 0.904. The zero-order valence-electron chi connectivity index (χ0n) is 23.4. The molecular weight excluding hydrogens is 250 g/mol. The standard InChI is InChI=1S/C17H27NO2/c1-18(2)13-16(17(19)11-5-4-6-12-17)14-7-9-15(20-3)10-8-14/h7-10,16,19H,4-6,11-13H2,1-3H3/t16-/m1/s1/i1D3,2D3,7D,8D,9D,10D,13D2. The number of nitrogens with zero attached hydrogens (tertiary/aromatic N) is 1. The number of likely N-dealkylation sites (N-methyl/N-ethyl adjacent to an activating group) is 1. The highest BCUT2D eigenvalue weighted by Crippen LogP contribution is 2.40. The lowest BCUT2D eigenvalue weighted by Crippen LogP contribution is -2.42. The molecule has 1 aliphatic carbocycles. The summed E-state index contributed by atoms with van der Waals surface area (Å²) in [4.78, 5) is -0.305. The van der Waals surface area contributed by atoms with Gasteiger partial charge in [-0.3, -0.25) is 0 Å². The molecule has 0 amide bonds. The number of aliphatic hydroxyl groups is 1. The summed E-state index contributed by atoms with van der Waals surface area (Å²) >= 11 is 0. The average molecular weight is 289 g/mol. The van der Waals surface area contributed by atoms with E-state index in [4.69, 9.17) is 21.2 Å². The molecule has 0 radical (unpaired) electrons. The van der Waals surface area contributed by atoms with Crippen LogP contribution < -0.4 is 4.74 Å². The van der Waals surface area contributed by atoms with Gasteiger partial charge in [-0.15, -0.1) is 0 Å². The van der Waals surface area contributed by atoms with Crippen LogP contribution in [0.5, 0.6) is 5.75 Å². The highest BCUT2D eigenvalue weighted by atomic mass is 16.5. The molecule has 0 saturated heterocycles. The second kappa shape index (κ2) is 6.59. The predicted molar refractivity (Wildman–Crippen MR) is 82.3 cm³/mol. The molecule has 2 rings (SSSR count). The Balaban J connectivity index is 2.94. The summed E-state index contributed by atoms with van der Waals surface area (Å²) in [5.41, 5.74) is -2.59. The number of methoxy groups -OCH3 is 1. The van der Waals surface area contributed by atoms with Crippen molar-refractivity contribution >= 4 is 0 Å². The molecule has 0 heterocycles. The molecule has 1 aliphatic rings. The normalized spacial score (nSPS) is 30.6. The van der Waals surface area contributed by atoms with E-state index in [-0.39, 0.29) is 17.7 Å². The third-order valence-corrected chi connectivity index (χ3v) is 3.63. The maximum atomic E-state index is 11.5. The molecule has 0 aromatic heterocycles. The first kappa shape index (κ1) is 5.98. The first-order chi connectivity index (χ1) is 14.4. The molecule has 1 aromatic rings. The number of ether oxygens (including phenoxy) is 1. The van der Waals surface area contributed by atoms with E-state index in [0.717, 1.165) is 7.11 Å². The van der Waals surface area contributed by atoms with Gasteiger partial charge in [0.25, 0.3) is 0 Å². The van der Waals surface area contributed by atoms with Crippen LogP contribution >= 0.6 is 0 Å². The van der Waals surface area contributed by atoms with E-state index in [1.54, 1.807) is 0 Å². The number of rotatable bonds is 5. The van der Waals surface area contributed by atoms with Gasteiger partial charge < -0.3 is 14.7 Å². The molecule has 112 valence electrons. The van der Waals surface area contributed by atoms with Gasteiger partial charge in [0.2, 0.25) is 0 Å². The van der Waals surface area contributed by atoms with Gasteiger partial charge in [-0.1, -0.05) is 31.3 Å². The molecule has 0 bridgehead atoms. The van der Waals surface area contributed by atoms with Crippen molar-refractivity contribution in [2.75, 3.05) is 27.6 Å². The van der Waals surface area contributed by atoms with Gasteiger partial charge in [-0.05, 0) is 44.4 Å². The van der Waals surface area contributed by atoms with Crippen LogP contribution in [0.25, 0.3) is 0 Å². The topological polar surface area (TPSA) is 32.7 Å². The summed E-state index contributed by atoms with van der Waals surface area (Å²) in [6, 6.07) is -2.74. The Kier molecular flexibility index (Phi) is 1.97. The predicted octanol–water partition coefficient (Wildman–Crippen LogP) is 3.04. The first-order valence-corrected chi connectivity index (χ1v) is 6.58. The van der Waals surface area contributed by atoms with Crippen molar-refractivity contribution < 1.29 is 26.3 Å². The smallest absolute Gasteiger partial charge is 0.118 e. The van der Waals surface area contributed by atoms with E-state index in [1.807, 2.05) is 0 Å². The van der Waals surface area contributed by atoms with E-state index in [2.05, 4.69) is 0 Å². The maximum Gasteiger partial charge on any atom is 0.118 e. The zero-order valence-corrected chi connectivity index (χ0v) is 11.4. The fourth-order valence-corrected chi connectivity index (χ4v) is 2.59. The second-order valence-electron chi connectivity index (χ2n) is 5.01. The average Bonchev–Trinajstić information content (AvgIpc) is 2.61. The monoisotopic (exact) mass is 289 g/mol. The van der Waals surface area contributed by atoms with Crippen LogP contribution in [0.1, 0.15) is 60.0 Å². The van der Waals surface area contributed by atoms with Gasteiger partial charge in [0.05, 0.1) is 18.2 Å². The minimum atomic E-state index is -3.46. The Bertz CT molecular complexity index is 802. The van der Waals surface area contributed by atoms with E-state index >= 15 is 0 Å². The Labute approximate surface area is 139 Å². The van der Waals surface area contributed by atoms with Gasteiger partial charge in [0.1, 0.15) is 5.75 Å². The van der Waals surface area contributed by atoms with Crippen LogP contribution in [-0.4, -0.2) is 43.2 Å². The Morgan fingerprint density at radius 1 is 1.35 bits per heavy atom. The van der Waals surface area contributed by atoms with Crippen molar-refractivity contribution in [2.45, 2.75) is 43.6 Å². The molecule has 0 unspecified atom stereocenters. The molecule has 3 nitrogen and oxygen atoms in total. The van der Waals surface area contributed by atoms with Crippen LogP contribution in [0.4, 0.5) is 0 Å². The highest BCUT2D eigenvalue weighted by molar-refractivity contribution is 5.31. The summed E-state index contributed by atoms with van der Waals surface area (Å²) in [6.07, 6.45) is 1.51. The van der Waals surface area contributed by atoms with Crippen molar-refractivity contribution in [3.05, 3.63) is 29.7 Å². The molecule has 0 spiro atoms. The van der Waals surface area contributed by atoms with Gasteiger partial charge >= 0.3 is 0 Å².